The summed E-state index contributed by atoms with van der Waals surface area (Å²) >= 11 is 3.37. The Bertz CT molecular complexity index is 426. The fourth-order valence-corrected chi connectivity index (χ4v) is 1.78. The van der Waals surface area contributed by atoms with Crippen molar-refractivity contribution >= 4 is 27.9 Å². The molecular formula is C12H13BrN2O. The zero-order chi connectivity index (χ0) is 12.1. The molecule has 3 nitrogen and oxygen atoms in total. The number of rotatable bonds is 4. The quantitative estimate of drug-likeness (QED) is 0.797. The molecule has 0 radical (unpaired) electrons. The molecule has 0 heterocycles. The van der Waals surface area contributed by atoms with Gasteiger partial charge in [-0.05, 0) is 25.1 Å². The molecule has 0 bridgehead atoms. The Morgan fingerprint density at radius 3 is 2.88 bits per heavy atom. The molecule has 0 saturated carbocycles. The van der Waals surface area contributed by atoms with Gasteiger partial charge in [0, 0.05) is 28.8 Å². The van der Waals surface area contributed by atoms with Crippen molar-refractivity contribution in [2.75, 3.05) is 11.9 Å². The van der Waals surface area contributed by atoms with Crippen LogP contribution in [0, 0.1) is 11.3 Å². The zero-order valence-electron chi connectivity index (χ0n) is 9.27. The minimum atomic E-state index is 0.0815. The zero-order valence-corrected chi connectivity index (χ0v) is 10.9. The Kier molecular flexibility index (Phi) is 4.51. The number of nitriles is 1. The van der Waals surface area contributed by atoms with Gasteiger partial charge in [0.05, 0.1) is 12.5 Å². The molecule has 1 aromatic carbocycles. The van der Waals surface area contributed by atoms with E-state index in [9.17, 15) is 4.79 Å². The summed E-state index contributed by atoms with van der Waals surface area (Å²) in [7, 11) is 1.89. The number of halogens is 1. The lowest BCUT2D eigenvalue weighted by Gasteiger charge is -2.26. The predicted octanol–water partition coefficient (Wildman–Crippen LogP) is 3.00. The molecule has 0 aliphatic heterocycles. The second-order valence-electron chi connectivity index (χ2n) is 3.64. The summed E-state index contributed by atoms with van der Waals surface area (Å²) < 4.78 is 0.920. The maximum Gasteiger partial charge on any atom is 0.152 e. The molecule has 84 valence electrons. The van der Waals surface area contributed by atoms with Gasteiger partial charge in [-0.15, -0.1) is 0 Å². The summed E-state index contributed by atoms with van der Waals surface area (Å²) in [6, 6.07) is 7.69. The number of aldehydes is 1. The van der Waals surface area contributed by atoms with E-state index < -0.39 is 0 Å². The average Bonchev–Trinajstić information content (AvgIpc) is 2.28. The summed E-state index contributed by atoms with van der Waals surface area (Å²) in [5.74, 6) is 0. The summed E-state index contributed by atoms with van der Waals surface area (Å²) in [4.78, 5) is 12.9. The van der Waals surface area contributed by atoms with Crippen LogP contribution in [0.1, 0.15) is 23.7 Å². The first-order valence-corrected chi connectivity index (χ1v) is 5.74. The Hall–Kier alpha value is -1.34. The van der Waals surface area contributed by atoms with Gasteiger partial charge in [-0.2, -0.15) is 5.26 Å². The van der Waals surface area contributed by atoms with Gasteiger partial charge in [0.15, 0.2) is 6.29 Å². The van der Waals surface area contributed by atoms with Gasteiger partial charge in [0.2, 0.25) is 0 Å². The molecule has 0 aliphatic carbocycles. The van der Waals surface area contributed by atoms with Crippen LogP contribution in [-0.4, -0.2) is 19.4 Å². The van der Waals surface area contributed by atoms with E-state index in [0.29, 0.717) is 12.0 Å². The molecule has 1 aromatic rings. The minimum Gasteiger partial charge on any atom is -0.370 e. The third kappa shape index (κ3) is 2.83. The van der Waals surface area contributed by atoms with Gasteiger partial charge < -0.3 is 4.90 Å². The monoisotopic (exact) mass is 280 g/mol. The van der Waals surface area contributed by atoms with Crippen LogP contribution >= 0.6 is 15.9 Å². The Morgan fingerprint density at radius 1 is 1.62 bits per heavy atom. The van der Waals surface area contributed by atoms with Crippen molar-refractivity contribution in [3.63, 3.8) is 0 Å². The highest BCUT2D eigenvalue weighted by Gasteiger charge is 2.13. The minimum absolute atomic E-state index is 0.0815. The average molecular weight is 281 g/mol. The largest absolute Gasteiger partial charge is 0.370 e. The Balaban J connectivity index is 3.06. The molecule has 0 aromatic heterocycles. The van der Waals surface area contributed by atoms with Crippen molar-refractivity contribution < 1.29 is 4.79 Å². The van der Waals surface area contributed by atoms with Crippen molar-refractivity contribution in [2.45, 2.75) is 19.4 Å². The lowest BCUT2D eigenvalue weighted by Crippen LogP contribution is -2.29. The SMILES string of the molecule is CC(CC#N)N(C)c1cc(Br)ccc1C=O. The molecular weight excluding hydrogens is 268 g/mol. The molecule has 0 aliphatic rings. The molecule has 4 heteroatoms. The van der Waals surface area contributed by atoms with Crippen molar-refractivity contribution in [1.82, 2.24) is 0 Å². The van der Waals surface area contributed by atoms with E-state index in [-0.39, 0.29) is 6.04 Å². The second-order valence-corrected chi connectivity index (χ2v) is 4.56. The molecule has 0 spiro atoms. The van der Waals surface area contributed by atoms with Crippen LogP contribution in [0.15, 0.2) is 22.7 Å². The van der Waals surface area contributed by atoms with E-state index >= 15 is 0 Å². The number of benzene rings is 1. The standard InChI is InChI=1S/C12H13BrN2O/c1-9(5-6-14)15(2)12-7-11(13)4-3-10(12)8-16/h3-4,7-9H,5H2,1-2H3. The maximum absolute atomic E-state index is 10.9. The summed E-state index contributed by atoms with van der Waals surface area (Å²) in [6.07, 6.45) is 1.26. The summed E-state index contributed by atoms with van der Waals surface area (Å²) in [5, 5.41) is 8.66. The first kappa shape index (κ1) is 12.7. The van der Waals surface area contributed by atoms with Gasteiger partial charge >= 0.3 is 0 Å². The highest BCUT2D eigenvalue weighted by atomic mass is 79.9. The highest BCUT2D eigenvalue weighted by molar-refractivity contribution is 9.10. The Morgan fingerprint density at radius 2 is 2.31 bits per heavy atom. The van der Waals surface area contributed by atoms with Gasteiger partial charge in [0.25, 0.3) is 0 Å². The molecule has 0 amide bonds. The molecule has 16 heavy (non-hydrogen) atoms. The van der Waals surface area contributed by atoms with Crippen LogP contribution in [0.2, 0.25) is 0 Å². The smallest absolute Gasteiger partial charge is 0.152 e. The number of hydrogen-bond donors (Lipinski definition) is 0. The topological polar surface area (TPSA) is 44.1 Å². The van der Waals surface area contributed by atoms with E-state index in [0.717, 1.165) is 16.4 Å². The molecule has 0 fully saturated rings. The van der Waals surface area contributed by atoms with Crippen LogP contribution in [0.5, 0.6) is 0 Å². The summed E-state index contributed by atoms with van der Waals surface area (Å²) in [6.45, 7) is 1.96. The Labute approximate surface area is 104 Å². The van der Waals surface area contributed by atoms with Crippen molar-refractivity contribution in [1.29, 1.82) is 5.26 Å². The molecule has 1 atom stereocenters. The maximum atomic E-state index is 10.9. The van der Waals surface area contributed by atoms with Crippen molar-refractivity contribution in [2.24, 2.45) is 0 Å². The summed E-state index contributed by atoms with van der Waals surface area (Å²) in [5.41, 5.74) is 1.47. The lowest BCUT2D eigenvalue weighted by atomic mass is 10.1. The first-order chi connectivity index (χ1) is 7.60. The van der Waals surface area contributed by atoms with Crippen LogP contribution < -0.4 is 4.90 Å². The van der Waals surface area contributed by atoms with Crippen molar-refractivity contribution in [3.05, 3.63) is 28.2 Å². The van der Waals surface area contributed by atoms with Crippen LogP contribution in [0.4, 0.5) is 5.69 Å². The van der Waals surface area contributed by atoms with Crippen LogP contribution in [-0.2, 0) is 0 Å². The van der Waals surface area contributed by atoms with E-state index in [1.54, 1.807) is 6.07 Å². The molecule has 1 unspecified atom stereocenters. The van der Waals surface area contributed by atoms with E-state index in [1.807, 2.05) is 31.0 Å². The van der Waals surface area contributed by atoms with E-state index in [4.69, 9.17) is 5.26 Å². The van der Waals surface area contributed by atoms with E-state index in [1.165, 1.54) is 0 Å². The van der Waals surface area contributed by atoms with E-state index in [2.05, 4.69) is 22.0 Å². The van der Waals surface area contributed by atoms with Gasteiger partial charge in [0.1, 0.15) is 0 Å². The fraction of sp³-hybridized carbons (Fsp3) is 0.333. The number of nitrogens with zero attached hydrogens (tertiary/aromatic N) is 2. The number of carbonyl (C=O) groups excluding carboxylic acids is 1. The first-order valence-electron chi connectivity index (χ1n) is 4.94. The lowest BCUT2D eigenvalue weighted by molar-refractivity contribution is 0.112. The van der Waals surface area contributed by atoms with Gasteiger partial charge in [-0.1, -0.05) is 15.9 Å². The number of anilines is 1. The van der Waals surface area contributed by atoms with Crippen molar-refractivity contribution in [3.8, 4) is 6.07 Å². The molecule has 1 rings (SSSR count). The van der Waals surface area contributed by atoms with Gasteiger partial charge in [-0.25, -0.2) is 0 Å². The van der Waals surface area contributed by atoms with Crippen LogP contribution in [0.3, 0.4) is 0 Å². The van der Waals surface area contributed by atoms with Crippen LogP contribution in [0.25, 0.3) is 0 Å². The normalized spacial score (nSPS) is 11.6. The number of carbonyl (C=O) groups is 1. The third-order valence-electron chi connectivity index (χ3n) is 2.55. The number of hydrogen-bond acceptors (Lipinski definition) is 3. The fourth-order valence-electron chi connectivity index (χ4n) is 1.43. The molecule has 0 N–H and O–H groups in total. The second kappa shape index (κ2) is 5.66. The van der Waals surface area contributed by atoms with Gasteiger partial charge in [-0.3, -0.25) is 4.79 Å². The highest BCUT2D eigenvalue weighted by Crippen LogP contribution is 2.25. The predicted molar refractivity (Wildman–Crippen MR) is 67.6 cm³/mol. The molecule has 0 saturated heterocycles. The third-order valence-corrected chi connectivity index (χ3v) is 3.04.